The van der Waals surface area contributed by atoms with Crippen molar-refractivity contribution in [3.63, 3.8) is 0 Å². The number of nitrogens with one attached hydrogen (secondary N) is 1. The number of imidazole rings is 1. The fourth-order valence-electron chi connectivity index (χ4n) is 3.65. The maximum absolute atomic E-state index is 13.3. The highest BCUT2D eigenvalue weighted by Crippen LogP contribution is 2.47. The van der Waals surface area contributed by atoms with Gasteiger partial charge in [0.2, 0.25) is 5.91 Å². The molecule has 1 N–H and O–H groups in total. The van der Waals surface area contributed by atoms with E-state index in [2.05, 4.69) is 10.3 Å². The fourth-order valence-corrected chi connectivity index (χ4v) is 3.65. The molecule has 3 heterocycles. The summed E-state index contributed by atoms with van der Waals surface area (Å²) in [6.07, 6.45) is 4.60. The minimum Gasteiger partial charge on any atom is -0.459 e. The van der Waals surface area contributed by atoms with Crippen LogP contribution in [0, 0.1) is 11.7 Å². The number of rotatable bonds is 4. The lowest BCUT2D eigenvalue weighted by atomic mass is 10.2. The molecule has 0 spiro atoms. The zero-order chi connectivity index (χ0) is 18.5. The molecule has 5 rings (SSSR count). The molecular weight excluding hydrogens is 345 g/mol. The van der Waals surface area contributed by atoms with Crippen molar-refractivity contribution in [1.29, 1.82) is 0 Å². The molecule has 1 aliphatic rings. The average Bonchev–Trinajstić information content (AvgIpc) is 3.16. The Morgan fingerprint density at radius 1 is 1.33 bits per heavy atom. The van der Waals surface area contributed by atoms with Crippen LogP contribution in [0.3, 0.4) is 0 Å². The van der Waals surface area contributed by atoms with Gasteiger partial charge >= 0.3 is 0 Å². The Morgan fingerprint density at radius 3 is 3.11 bits per heavy atom. The number of hydrogen-bond donors (Lipinski definition) is 1. The molecule has 5 nitrogen and oxygen atoms in total. The summed E-state index contributed by atoms with van der Waals surface area (Å²) in [5, 5.41) is 3.70. The number of furan rings is 1. The summed E-state index contributed by atoms with van der Waals surface area (Å²) >= 11 is 0. The molecular formula is C21H18FN3O2. The van der Waals surface area contributed by atoms with Crippen LogP contribution in [0.15, 0.2) is 59.3 Å². The van der Waals surface area contributed by atoms with Crippen molar-refractivity contribution < 1.29 is 13.6 Å². The van der Waals surface area contributed by atoms with Gasteiger partial charge in [0.15, 0.2) is 0 Å². The van der Waals surface area contributed by atoms with Gasteiger partial charge < -0.3 is 14.1 Å². The summed E-state index contributed by atoms with van der Waals surface area (Å²) in [4.78, 5) is 17.1. The summed E-state index contributed by atoms with van der Waals surface area (Å²) in [6.45, 7) is 1.87. The Labute approximate surface area is 154 Å². The summed E-state index contributed by atoms with van der Waals surface area (Å²) in [5.74, 6) is 1.28. The van der Waals surface area contributed by atoms with E-state index in [4.69, 9.17) is 4.42 Å². The topological polar surface area (TPSA) is 59.5 Å². The number of carbonyl (C=O) groups is 1. The van der Waals surface area contributed by atoms with E-state index >= 15 is 0 Å². The van der Waals surface area contributed by atoms with E-state index in [1.165, 1.54) is 12.1 Å². The highest BCUT2D eigenvalue weighted by Gasteiger charge is 2.46. The molecule has 6 heteroatoms. The second-order valence-electron chi connectivity index (χ2n) is 7.12. The molecule has 3 atom stereocenters. The van der Waals surface area contributed by atoms with E-state index in [-0.39, 0.29) is 29.6 Å². The summed E-state index contributed by atoms with van der Waals surface area (Å²) in [7, 11) is 0. The highest BCUT2D eigenvalue weighted by molar-refractivity contribution is 5.83. The number of hydrogen-bond acceptors (Lipinski definition) is 3. The number of benzene rings is 1. The van der Waals surface area contributed by atoms with Gasteiger partial charge in [-0.25, -0.2) is 9.37 Å². The zero-order valence-corrected chi connectivity index (χ0v) is 14.7. The quantitative estimate of drug-likeness (QED) is 0.591. The van der Waals surface area contributed by atoms with Crippen LogP contribution in [0.4, 0.5) is 4.39 Å². The Hall–Kier alpha value is -3.15. The predicted octanol–water partition coefficient (Wildman–Crippen LogP) is 4.20. The molecule has 1 saturated carbocycles. The van der Waals surface area contributed by atoms with Crippen LogP contribution >= 0.6 is 0 Å². The molecule has 1 amide bonds. The third-order valence-corrected chi connectivity index (χ3v) is 5.21. The first kappa shape index (κ1) is 16.1. The summed E-state index contributed by atoms with van der Waals surface area (Å²) in [6, 6.07) is 11.8. The maximum atomic E-state index is 13.3. The average molecular weight is 363 g/mol. The lowest BCUT2D eigenvalue weighted by Gasteiger charge is -2.11. The van der Waals surface area contributed by atoms with E-state index in [0.717, 1.165) is 17.8 Å². The summed E-state index contributed by atoms with van der Waals surface area (Å²) in [5.41, 5.74) is 1.64. The van der Waals surface area contributed by atoms with Gasteiger partial charge in [0.25, 0.3) is 0 Å². The normalized spacial score (nSPS) is 20.1. The smallest absolute Gasteiger partial charge is 0.224 e. The highest BCUT2D eigenvalue weighted by atomic mass is 19.1. The van der Waals surface area contributed by atoms with Crippen molar-refractivity contribution in [3.8, 4) is 0 Å². The van der Waals surface area contributed by atoms with Crippen molar-refractivity contribution in [1.82, 2.24) is 14.7 Å². The van der Waals surface area contributed by atoms with Crippen LogP contribution in [0.2, 0.25) is 0 Å². The first-order valence-electron chi connectivity index (χ1n) is 9.01. The van der Waals surface area contributed by atoms with E-state index in [1.54, 1.807) is 12.1 Å². The van der Waals surface area contributed by atoms with Crippen LogP contribution in [0.25, 0.3) is 16.5 Å². The van der Waals surface area contributed by atoms with Crippen LogP contribution in [-0.2, 0) is 4.79 Å². The number of aromatic nitrogens is 2. The van der Waals surface area contributed by atoms with Crippen LogP contribution in [0.5, 0.6) is 0 Å². The number of pyridine rings is 1. The minimum atomic E-state index is -0.306. The van der Waals surface area contributed by atoms with Crippen molar-refractivity contribution >= 4 is 22.4 Å². The van der Waals surface area contributed by atoms with Gasteiger partial charge in [-0.05, 0) is 49.7 Å². The molecule has 0 bridgehead atoms. The van der Waals surface area contributed by atoms with Crippen molar-refractivity contribution in [2.75, 3.05) is 0 Å². The molecule has 0 radical (unpaired) electrons. The molecule has 1 aromatic carbocycles. The van der Waals surface area contributed by atoms with E-state index < -0.39 is 0 Å². The van der Waals surface area contributed by atoms with Gasteiger partial charge in [-0.3, -0.25) is 4.79 Å². The zero-order valence-electron chi connectivity index (χ0n) is 14.7. The SMILES string of the molecule is C[C@@H](NC(=O)[C@@H]1C[C@H]1c1ncc2ccccn12)c1cc2cc(F)ccc2o1. The molecule has 136 valence electrons. The van der Waals surface area contributed by atoms with Gasteiger partial charge in [-0.2, -0.15) is 0 Å². The molecule has 3 aromatic heterocycles. The molecule has 27 heavy (non-hydrogen) atoms. The molecule has 0 unspecified atom stereocenters. The first-order valence-corrected chi connectivity index (χ1v) is 9.01. The van der Waals surface area contributed by atoms with Crippen LogP contribution in [0.1, 0.15) is 36.9 Å². The van der Waals surface area contributed by atoms with Gasteiger partial charge in [0.05, 0.1) is 17.8 Å². The van der Waals surface area contributed by atoms with Gasteiger partial charge in [-0.1, -0.05) is 6.07 Å². The lowest BCUT2D eigenvalue weighted by molar-refractivity contribution is -0.123. The fraction of sp³-hybridized carbons (Fsp3) is 0.238. The monoisotopic (exact) mass is 363 g/mol. The van der Waals surface area contributed by atoms with Crippen LogP contribution < -0.4 is 5.32 Å². The molecule has 1 aliphatic carbocycles. The summed E-state index contributed by atoms with van der Waals surface area (Å²) < 4.78 is 21.1. The Bertz CT molecular complexity index is 1160. The van der Waals surface area contributed by atoms with Gasteiger partial charge in [-0.15, -0.1) is 0 Å². The van der Waals surface area contributed by atoms with E-state index in [1.807, 2.05) is 41.9 Å². The Morgan fingerprint density at radius 2 is 2.22 bits per heavy atom. The molecule has 0 saturated heterocycles. The lowest BCUT2D eigenvalue weighted by Crippen LogP contribution is -2.28. The predicted molar refractivity (Wildman–Crippen MR) is 98.8 cm³/mol. The third-order valence-electron chi connectivity index (χ3n) is 5.21. The largest absolute Gasteiger partial charge is 0.459 e. The number of carbonyl (C=O) groups excluding carboxylic acids is 1. The van der Waals surface area contributed by atoms with Crippen LogP contribution in [-0.4, -0.2) is 15.3 Å². The number of fused-ring (bicyclic) bond motifs is 2. The van der Waals surface area contributed by atoms with Crippen molar-refractivity contribution in [3.05, 3.63) is 72.3 Å². The third kappa shape index (κ3) is 2.77. The molecule has 0 aliphatic heterocycles. The number of amides is 1. The maximum Gasteiger partial charge on any atom is 0.224 e. The number of halogens is 1. The van der Waals surface area contributed by atoms with Crippen molar-refractivity contribution in [2.24, 2.45) is 5.92 Å². The first-order chi connectivity index (χ1) is 13.1. The Balaban J connectivity index is 1.30. The number of nitrogens with zero attached hydrogens (tertiary/aromatic N) is 2. The minimum absolute atomic E-state index is 0.00758. The molecule has 1 fully saturated rings. The molecule has 4 aromatic rings. The second kappa shape index (κ2) is 5.94. The standard InChI is InChI=1S/C21H18FN3O2/c1-12(19-9-13-8-14(22)5-6-18(13)27-19)24-21(26)17-10-16(17)20-23-11-15-4-2-3-7-25(15)20/h2-9,11-12,16-17H,10H2,1H3,(H,24,26)/t12-,16-,17-/m1/s1. The van der Waals surface area contributed by atoms with E-state index in [0.29, 0.717) is 16.7 Å². The van der Waals surface area contributed by atoms with Gasteiger partial charge in [0, 0.05) is 23.4 Å². The second-order valence-corrected chi connectivity index (χ2v) is 7.12. The van der Waals surface area contributed by atoms with E-state index in [9.17, 15) is 9.18 Å². The van der Waals surface area contributed by atoms with Gasteiger partial charge in [0.1, 0.15) is 23.0 Å². The van der Waals surface area contributed by atoms with Crippen molar-refractivity contribution in [2.45, 2.75) is 25.3 Å². The Kier molecular flexibility index (Phi) is 3.53.